The van der Waals surface area contributed by atoms with Gasteiger partial charge in [-0.05, 0) is 85.3 Å². The zero-order valence-electron chi connectivity index (χ0n) is 26.1. The number of carbonyl (C=O) groups excluding carboxylic acids is 2. The summed E-state index contributed by atoms with van der Waals surface area (Å²) in [6.07, 6.45) is 6.75. The van der Waals surface area contributed by atoms with Crippen molar-refractivity contribution in [2.24, 2.45) is 20.5 Å². The van der Waals surface area contributed by atoms with Gasteiger partial charge in [-0.1, -0.05) is 75.2 Å². The number of rotatable bonds is 12. The minimum absolute atomic E-state index is 0.426. The number of azo groups is 2. The van der Waals surface area contributed by atoms with Gasteiger partial charge in [0, 0.05) is 11.1 Å². The lowest BCUT2D eigenvalue weighted by Crippen LogP contribution is -2.60. The zero-order valence-corrected chi connectivity index (χ0v) is 26.1. The summed E-state index contributed by atoms with van der Waals surface area (Å²) < 4.78 is 0. The number of unbranched alkanes of at least 4 members (excludes halogenated alkanes) is 2. The first-order chi connectivity index (χ1) is 22.4. The lowest BCUT2D eigenvalue weighted by atomic mass is 9.83. The SMILES string of the molecule is CCCCc1ccc(N=Nc2ccc(C34NC(=O)NC3(c3ccc(N=Nc5ccc(CCCC)cc5)cc3)NC(=O)N4)cc2)cc1. The van der Waals surface area contributed by atoms with Crippen molar-refractivity contribution in [3.8, 4) is 0 Å². The van der Waals surface area contributed by atoms with Gasteiger partial charge in [0.15, 0.2) is 11.3 Å². The van der Waals surface area contributed by atoms with Crippen molar-refractivity contribution in [1.82, 2.24) is 21.3 Å². The minimum atomic E-state index is -1.30. The molecule has 0 spiro atoms. The second-order valence-corrected chi connectivity index (χ2v) is 11.7. The van der Waals surface area contributed by atoms with Crippen LogP contribution >= 0.6 is 0 Å². The number of fused-ring (bicyclic) bond motifs is 1. The number of nitrogens with one attached hydrogen (secondary N) is 4. The summed E-state index contributed by atoms with van der Waals surface area (Å²) in [5.74, 6) is 0. The highest BCUT2D eigenvalue weighted by atomic mass is 16.2. The van der Waals surface area contributed by atoms with Crippen LogP contribution in [-0.2, 0) is 24.2 Å². The van der Waals surface area contributed by atoms with Crippen molar-refractivity contribution in [2.45, 2.75) is 63.7 Å². The van der Waals surface area contributed by atoms with E-state index in [1.807, 2.05) is 72.8 Å². The standard InChI is InChI=1S/C36H38N8O2/c1-3-5-7-25-9-17-29(18-10-25)41-43-31-21-13-27(14-22-31)35-36(39-33(45)37-35,40-34(46)38-35)28-15-23-32(24-16-28)44-42-30-19-11-26(12-20-30)8-6-4-2/h9-24H,3-8H2,1-2H3,(H2,37,39,45)(H2,38,40,46). The fourth-order valence-electron chi connectivity index (χ4n) is 5.91. The van der Waals surface area contributed by atoms with Gasteiger partial charge in [-0.2, -0.15) is 20.5 Å². The van der Waals surface area contributed by atoms with Gasteiger partial charge < -0.3 is 21.3 Å². The highest BCUT2D eigenvalue weighted by Crippen LogP contribution is 2.44. The van der Waals surface area contributed by atoms with E-state index in [9.17, 15) is 9.59 Å². The Morgan fingerprint density at radius 3 is 1.02 bits per heavy atom. The van der Waals surface area contributed by atoms with Crippen LogP contribution in [0.2, 0.25) is 0 Å². The summed E-state index contributed by atoms with van der Waals surface area (Å²) >= 11 is 0. The Kier molecular flexibility index (Phi) is 8.87. The molecule has 0 aliphatic carbocycles. The molecule has 4 amide bonds. The van der Waals surface area contributed by atoms with Gasteiger partial charge in [0.1, 0.15) is 0 Å². The maximum absolute atomic E-state index is 12.9. The fraction of sp³-hybridized carbons (Fsp3) is 0.278. The van der Waals surface area contributed by atoms with E-state index in [-0.39, 0.29) is 0 Å². The molecular formula is C36H38N8O2. The van der Waals surface area contributed by atoms with Crippen molar-refractivity contribution in [3.63, 3.8) is 0 Å². The van der Waals surface area contributed by atoms with Crippen LogP contribution in [0.5, 0.6) is 0 Å². The van der Waals surface area contributed by atoms with Crippen LogP contribution in [0.4, 0.5) is 32.3 Å². The van der Waals surface area contributed by atoms with Crippen LogP contribution in [0.3, 0.4) is 0 Å². The minimum Gasteiger partial charge on any atom is -0.307 e. The first-order valence-electron chi connectivity index (χ1n) is 15.9. The molecule has 0 bridgehead atoms. The second-order valence-electron chi connectivity index (χ2n) is 11.7. The first kappa shape index (κ1) is 30.6. The number of benzene rings is 4. The van der Waals surface area contributed by atoms with Crippen LogP contribution in [0.15, 0.2) is 118 Å². The first-order valence-corrected chi connectivity index (χ1v) is 15.9. The molecule has 10 nitrogen and oxygen atoms in total. The summed E-state index contributed by atoms with van der Waals surface area (Å²) in [5, 5.41) is 29.3. The van der Waals surface area contributed by atoms with E-state index in [2.05, 4.69) is 79.8 Å². The average molecular weight is 615 g/mol. The molecule has 0 radical (unpaired) electrons. The van der Waals surface area contributed by atoms with Crippen LogP contribution in [0.1, 0.15) is 61.8 Å². The van der Waals surface area contributed by atoms with E-state index in [1.54, 1.807) is 0 Å². The Hall–Kier alpha value is -5.38. The summed E-state index contributed by atoms with van der Waals surface area (Å²) in [6, 6.07) is 29.9. The molecule has 234 valence electrons. The van der Waals surface area contributed by atoms with E-state index < -0.39 is 23.4 Å². The van der Waals surface area contributed by atoms with Gasteiger partial charge >= 0.3 is 12.1 Å². The van der Waals surface area contributed by atoms with Gasteiger partial charge in [-0.25, -0.2) is 9.59 Å². The normalized spacial score (nSPS) is 20.4. The Bertz CT molecular complexity index is 1580. The lowest BCUT2D eigenvalue weighted by molar-refractivity contribution is 0.208. The van der Waals surface area contributed by atoms with E-state index >= 15 is 0 Å². The maximum Gasteiger partial charge on any atom is 0.319 e. The van der Waals surface area contributed by atoms with Crippen LogP contribution < -0.4 is 21.3 Å². The molecule has 0 saturated carbocycles. The number of carbonyl (C=O) groups is 2. The van der Waals surface area contributed by atoms with Crippen molar-refractivity contribution < 1.29 is 9.59 Å². The van der Waals surface area contributed by atoms with E-state index in [1.165, 1.54) is 11.1 Å². The summed E-state index contributed by atoms with van der Waals surface area (Å²) in [5.41, 5.74) is 4.12. The Labute approximate surface area is 268 Å². The molecule has 2 saturated heterocycles. The molecule has 46 heavy (non-hydrogen) atoms. The van der Waals surface area contributed by atoms with Gasteiger partial charge in [0.2, 0.25) is 0 Å². The smallest absolute Gasteiger partial charge is 0.307 e. The van der Waals surface area contributed by atoms with Gasteiger partial charge in [-0.15, -0.1) is 0 Å². The largest absolute Gasteiger partial charge is 0.319 e. The number of hydrogen-bond donors (Lipinski definition) is 4. The van der Waals surface area contributed by atoms with E-state index in [4.69, 9.17) is 0 Å². The third-order valence-corrected chi connectivity index (χ3v) is 8.44. The van der Waals surface area contributed by atoms with Crippen molar-refractivity contribution in [1.29, 1.82) is 0 Å². The van der Waals surface area contributed by atoms with E-state index in [0.717, 1.165) is 49.9 Å². The molecule has 4 aromatic rings. The summed E-state index contributed by atoms with van der Waals surface area (Å²) in [7, 11) is 0. The van der Waals surface area contributed by atoms with Gasteiger partial charge in [-0.3, -0.25) is 0 Å². The Morgan fingerprint density at radius 1 is 0.457 bits per heavy atom. The topological polar surface area (TPSA) is 132 Å². The molecular weight excluding hydrogens is 576 g/mol. The fourth-order valence-corrected chi connectivity index (χ4v) is 5.91. The Balaban J connectivity index is 1.20. The summed E-state index contributed by atoms with van der Waals surface area (Å²) in [6.45, 7) is 4.37. The molecule has 0 unspecified atom stereocenters. The second kappa shape index (κ2) is 13.3. The highest BCUT2D eigenvalue weighted by molar-refractivity contribution is 5.89. The molecule has 4 N–H and O–H groups in total. The molecule has 2 fully saturated rings. The molecule has 2 aliphatic heterocycles. The molecule has 2 aliphatic rings. The lowest BCUT2D eigenvalue weighted by Gasteiger charge is -2.37. The predicted octanol–water partition coefficient (Wildman–Crippen LogP) is 8.83. The van der Waals surface area contributed by atoms with Crippen molar-refractivity contribution in [3.05, 3.63) is 119 Å². The predicted molar refractivity (Wildman–Crippen MR) is 178 cm³/mol. The highest BCUT2D eigenvalue weighted by Gasteiger charge is 2.66. The quantitative estimate of drug-likeness (QED) is 0.119. The molecule has 6 rings (SSSR count). The summed E-state index contributed by atoms with van der Waals surface area (Å²) in [4.78, 5) is 25.7. The number of urea groups is 2. The molecule has 10 heteroatoms. The van der Waals surface area contributed by atoms with Crippen molar-refractivity contribution >= 4 is 34.8 Å². The molecule has 4 aromatic carbocycles. The van der Waals surface area contributed by atoms with Crippen LogP contribution in [-0.4, -0.2) is 12.1 Å². The number of nitrogens with zero attached hydrogens (tertiary/aromatic N) is 4. The molecule has 0 atom stereocenters. The van der Waals surface area contributed by atoms with Gasteiger partial charge in [0.25, 0.3) is 0 Å². The molecule has 0 aromatic heterocycles. The van der Waals surface area contributed by atoms with E-state index in [0.29, 0.717) is 22.5 Å². The Morgan fingerprint density at radius 2 is 0.739 bits per heavy atom. The maximum atomic E-state index is 12.9. The number of amides is 4. The molecule has 2 heterocycles. The number of hydrogen-bond acceptors (Lipinski definition) is 6. The monoisotopic (exact) mass is 614 g/mol. The van der Waals surface area contributed by atoms with Gasteiger partial charge in [0.05, 0.1) is 22.7 Å². The third-order valence-electron chi connectivity index (χ3n) is 8.44. The third kappa shape index (κ3) is 6.24. The van der Waals surface area contributed by atoms with Crippen molar-refractivity contribution in [2.75, 3.05) is 0 Å². The average Bonchev–Trinajstić information content (AvgIpc) is 3.53. The van der Waals surface area contributed by atoms with Crippen LogP contribution in [0.25, 0.3) is 0 Å². The van der Waals surface area contributed by atoms with Crippen LogP contribution in [0, 0.1) is 0 Å². The number of aryl methyl sites for hydroxylation is 2. The zero-order chi connectivity index (χ0) is 32.0.